The SMILES string of the molecule is O=C(c1ccc(F)cc1)C1CCN(c2ccncc2Cl)CC1. The van der Waals surface area contributed by atoms with Gasteiger partial charge in [-0.2, -0.15) is 0 Å². The van der Waals surface area contributed by atoms with E-state index >= 15 is 0 Å². The number of pyridine rings is 1. The first-order chi connectivity index (χ1) is 10.6. The van der Waals surface area contributed by atoms with Crippen LogP contribution in [0.3, 0.4) is 0 Å². The molecular weight excluding hydrogens is 303 g/mol. The second-order valence-electron chi connectivity index (χ2n) is 5.46. The number of nitrogens with zero attached hydrogens (tertiary/aromatic N) is 2. The van der Waals surface area contributed by atoms with Crippen LogP contribution < -0.4 is 4.90 Å². The molecule has 0 unspecified atom stereocenters. The van der Waals surface area contributed by atoms with E-state index in [-0.39, 0.29) is 17.5 Å². The van der Waals surface area contributed by atoms with Gasteiger partial charge >= 0.3 is 0 Å². The van der Waals surface area contributed by atoms with Crippen molar-refractivity contribution in [2.45, 2.75) is 12.8 Å². The smallest absolute Gasteiger partial charge is 0.166 e. The minimum absolute atomic E-state index is 0.0117. The van der Waals surface area contributed by atoms with Crippen molar-refractivity contribution < 1.29 is 9.18 Å². The Labute approximate surface area is 133 Å². The molecule has 1 aliphatic heterocycles. The zero-order valence-electron chi connectivity index (χ0n) is 12.0. The Balaban J connectivity index is 1.65. The third kappa shape index (κ3) is 3.12. The highest BCUT2D eigenvalue weighted by Gasteiger charge is 2.26. The molecular formula is C17H16ClFN2O. The molecule has 1 aliphatic rings. The number of ketones is 1. The molecule has 1 aromatic carbocycles. The molecule has 0 aliphatic carbocycles. The van der Waals surface area contributed by atoms with Crippen molar-refractivity contribution in [3.05, 3.63) is 59.1 Å². The minimum atomic E-state index is -0.321. The maximum atomic E-state index is 12.9. The first kappa shape index (κ1) is 15.0. The van der Waals surface area contributed by atoms with Crippen molar-refractivity contribution >= 4 is 23.1 Å². The highest BCUT2D eigenvalue weighted by atomic mass is 35.5. The van der Waals surface area contributed by atoms with Gasteiger partial charge in [0.15, 0.2) is 5.78 Å². The number of hydrogen-bond donors (Lipinski definition) is 0. The lowest BCUT2D eigenvalue weighted by atomic mass is 9.88. The largest absolute Gasteiger partial charge is 0.370 e. The number of carbonyl (C=O) groups is 1. The van der Waals surface area contributed by atoms with E-state index in [9.17, 15) is 9.18 Å². The zero-order valence-corrected chi connectivity index (χ0v) is 12.8. The molecule has 0 amide bonds. The summed E-state index contributed by atoms with van der Waals surface area (Å²) in [6.45, 7) is 1.56. The van der Waals surface area contributed by atoms with Crippen molar-refractivity contribution in [1.29, 1.82) is 0 Å². The van der Waals surface area contributed by atoms with Crippen LogP contribution in [-0.2, 0) is 0 Å². The van der Waals surface area contributed by atoms with Crippen LogP contribution in [0, 0.1) is 11.7 Å². The third-order valence-electron chi connectivity index (χ3n) is 4.09. The summed E-state index contributed by atoms with van der Waals surface area (Å²) < 4.78 is 12.9. The van der Waals surface area contributed by atoms with Gasteiger partial charge < -0.3 is 4.90 Å². The second kappa shape index (κ2) is 6.44. The first-order valence-electron chi connectivity index (χ1n) is 7.29. The van der Waals surface area contributed by atoms with Gasteiger partial charge in [0.05, 0.1) is 10.7 Å². The van der Waals surface area contributed by atoms with Gasteiger partial charge in [0.2, 0.25) is 0 Å². The van der Waals surface area contributed by atoms with Crippen LogP contribution in [0.25, 0.3) is 0 Å². The molecule has 1 saturated heterocycles. The van der Waals surface area contributed by atoms with Crippen molar-refractivity contribution in [2.75, 3.05) is 18.0 Å². The molecule has 3 rings (SSSR count). The maximum absolute atomic E-state index is 12.9. The molecule has 0 N–H and O–H groups in total. The van der Waals surface area contributed by atoms with Crippen molar-refractivity contribution in [1.82, 2.24) is 4.98 Å². The lowest BCUT2D eigenvalue weighted by molar-refractivity contribution is 0.0900. The number of aromatic nitrogens is 1. The fraction of sp³-hybridized carbons (Fsp3) is 0.294. The predicted octanol–water partition coefficient (Wildman–Crippen LogP) is 3.97. The Morgan fingerprint density at radius 3 is 2.50 bits per heavy atom. The first-order valence-corrected chi connectivity index (χ1v) is 7.67. The molecule has 0 bridgehead atoms. The number of Topliss-reactive ketones (excluding diaryl/α,β-unsaturated/α-hetero) is 1. The monoisotopic (exact) mass is 318 g/mol. The molecule has 2 aromatic rings. The molecule has 0 atom stereocenters. The maximum Gasteiger partial charge on any atom is 0.166 e. The molecule has 1 aromatic heterocycles. The molecule has 1 fully saturated rings. The van der Waals surface area contributed by atoms with Crippen LogP contribution in [0.2, 0.25) is 5.02 Å². The molecule has 114 valence electrons. The number of carbonyl (C=O) groups excluding carboxylic acids is 1. The summed E-state index contributed by atoms with van der Waals surface area (Å²) in [7, 11) is 0. The summed E-state index contributed by atoms with van der Waals surface area (Å²) in [6.07, 6.45) is 4.90. The standard InChI is InChI=1S/C17H16ClFN2O/c18-15-11-20-8-5-16(15)21-9-6-13(7-10-21)17(22)12-1-3-14(19)4-2-12/h1-5,8,11,13H,6-7,9-10H2. The van der Waals surface area contributed by atoms with E-state index in [0.717, 1.165) is 31.6 Å². The molecule has 2 heterocycles. The normalized spacial score (nSPS) is 15.8. The molecule has 0 spiro atoms. The molecule has 22 heavy (non-hydrogen) atoms. The van der Waals surface area contributed by atoms with Crippen LogP contribution in [0.15, 0.2) is 42.7 Å². The van der Waals surface area contributed by atoms with Crippen LogP contribution in [0.5, 0.6) is 0 Å². The number of piperidine rings is 1. The third-order valence-corrected chi connectivity index (χ3v) is 4.38. The molecule has 5 heteroatoms. The van der Waals surface area contributed by atoms with Crippen molar-refractivity contribution in [3.8, 4) is 0 Å². The van der Waals surface area contributed by atoms with Crippen LogP contribution >= 0.6 is 11.6 Å². The van der Waals surface area contributed by atoms with Crippen LogP contribution in [0.4, 0.5) is 10.1 Å². The van der Waals surface area contributed by atoms with Gasteiger partial charge in [0.1, 0.15) is 5.82 Å². The second-order valence-corrected chi connectivity index (χ2v) is 5.87. The number of halogens is 2. The Morgan fingerprint density at radius 1 is 1.18 bits per heavy atom. The Morgan fingerprint density at radius 2 is 1.86 bits per heavy atom. The fourth-order valence-electron chi connectivity index (χ4n) is 2.86. The number of benzene rings is 1. The lowest BCUT2D eigenvalue weighted by Crippen LogP contribution is -2.36. The highest BCUT2D eigenvalue weighted by Crippen LogP contribution is 2.29. The van der Waals surface area contributed by atoms with E-state index in [1.807, 2.05) is 6.07 Å². The Bertz CT molecular complexity index is 667. The van der Waals surface area contributed by atoms with Gasteiger partial charge in [-0.3, -0.25) is 9.78 Å². The summed E-state index contributed by atoms with van der Waals surface area (Å²) in [5.41, 5.74) is 1.55. The van der Waals surface area contributed by atoms with E-state index in [0.29, 0.717) is 10.6 Å². The summed E-state index contributed by atoms with van der Waals surface area (Å²) in [6, 6.07) is 7.68. The molecule has 3 nitrogen and oxygen atoms in total. The predicted molar refractivity (Wildman–Crippen MR) is 84.9 cm³/mol. The number of rotatable bonds is 3. The van der Waals surface area contributed by atoms with Crippen LogP contribution in [-0.4, -0.2) is 23.9 Å². The summed E-state index contributed by atoms with van der Waals surface area (Å²) >= 11 is 6.16. The van der Waals surface area contributed by atoms with E-state index in [4.69, 9.17) is 11.6 Å². The lowest BCUT2D eigenvalue weighted by Gasteiger charge is -2.33. The van der Waals surface area contributed by atoms with Gasteiger partial charge in [-0.25, -0.2) is 4.39 Å². The van der Waals surface area contributed by atoms with Gasteiger partial charge in [-0.1, -0.05) is 11.6 Å². The molecule has 0 radical (unpaired) electrons. The van der Waals surface area contributed by atoms with Crippen molar-refractivity contribution in [3.63, 3.8) is 0 Å². The van der Waals surface area contributed by atoms with E-state index in [2.05, 4.69) is 9.88 Å². The zero-order chi connectivity index (χ0) is 15.5. The van der Waals surface area contributed by atoms with E-state index in [1.54, 1.807) is 24.5 Å². The topological polar surface area (TPSA) is 33.2 Å². The Hall–Kier alpha value is -1.94. The number of hydrogen-bond acceptors (Lipinski definition) is 3. The van der Waals surface area contributed by atoms with Gasteiger partial charge in [-0.15, -0.1) is 0 Å². The quantitative estimate of drug-likeness (QED) is 0.803. The highest BCUT2D eigenvalue weighted by molar-refractivity contribution is 6.33. The van der Waals surface area contributed by atoms with Crippen LogP contribution in [0.1, 0.15) is 23.2 Å². The van der Waals surface area contributed by atoms with Gasteiger partial charge in [0.25, 0.3) is 0 Å². The number of anilines is 1. The average Bonchev–Trinajstić information content (AvgIpc) is 2.56. The molecule has 0 saturated carbocycles. The van der Waals surface area contributed by atoms with Crippen molar-refractivity contribution in [2.24, 2.45) is 5.92 Å². The fourth-order valence-corrected chi connectivity index (χ4v) is 3.10. The summed E-state index contributed by atoms with van der Waals surface area (Å²) in [4.78, 5) is 18.6. The summed E-state index contributed by atoms with van der Waals surface area (Å²) in [5, 5.41) is 0.630. The minimum Gasteiger partial charge on any atom is -0.370 e. The average molecular weight is 319 g/mol. The van der Waals surface area contributed by atoms with E-state index in [1.165, 1.54) is 12.1 Å². The Kier molecular flexibility index (Phi) is 4.39. The van der Waals surface area contributed by atoms with E-state index < -0.39 is 0 Å². The van der Waals surface area contributed by atoms with Gasteiger partial charge in [-0.05, 0) is 43.2 Å². The summed E-state index contributed by atoms with van der Waals surface area (Å²) in [5.74, 6) is -0.235. The van der Waals surface area contributed by atoms with Gasteiger partial charge in [0, 0.05) is 37.0 Å².